The third kappa shape index (κ3) is 6.01. The normalized spacial score (nSPS) is 12.5. The van der Waals surface area contributed by atoms with E-state index in [4.69, 9.17) is 0 Å². The summed E-state index contributed by atoms with van der Waals surface area (Å²) >= 11 is 0. The molecule has 0 amide bonds. The first-order valence-electron chi connectivity index (χ1n) is 21.2. The number of benzene rings is 10. The van der Waals surface area contributed by atoms with E-state index in [1.165, 1.54) is 88.8 Å². The van der Waals surface area contributed by atoms with Gasteiger partial charge < -0.3 is 4.90 Å². The number of para-hydroxylation sites is 1. The fraction of sp³-hybridized carbons (Fsp3) is 0.0333. The van der Waals surface area contributed by atoms with Crippen LogP contribution >= 0.6 is 0 Å². The van der Waals surface area contributed by atoms with Gasteiger partial charge in [0.15, 0.2) is 0 Å². The first-order valence-corrected chi connectivity index (χ1v) is 21.2. The maximum atomic E-state index is 2.53. The number of hydrogen-bond donors (Lipinski definition) is 0. The number of aryl methyl sites for hydroxylation is 1. The molecule has 0 spiro atoms. The summed E-state index contributed by atoms with van der Waals surface area (Å²) in [6.07, 6.45) is 0. The second-order valence-corrected chi connectivity index (χ2v) is 16.1. The van der Waals surface area contributed by atoms with Crippen LogP contribution in [0.4, 0.5) is 17.1 Å². The van der Waals surface area contributed by atoms with Gasteiger partial charge in [-0.05, 0) is 109 Å². The molecule has 0 bridgehead atoms. The lowest BCUT2D eigenvalue weighted by Gasteiger charge is -2.35. The maximum absolute atomic E-state index is 2.53. The highest BCUT2D eigenvalue weighted by Gasteiger charge is 2.48. The van der Waals surface area contributed by atoms with E-state index >= 15 is 0 Å². The van der Waals surface area contributed by atoms with Crippen LogP contribution in [0.1, 0.15) is 27.8 Å². The lowest BCUT2D eigenvalue weighted by Crippen LogP contribution is -2.28. The molecule has 0 heterocycles. The summed E-state index contributed by atoms with van der Waals surface area (Å²) in [5.41, 5.74) is 18.9. The second kappa shape index (κ2) is 15.1. The summed E-state index contributed by atoms with van der Waals surface area (Å²) < 4.78 is 0. The zero-order chi connectivity index (χ0) is 40.8. The van der Waals surface area contributed by atoms with Crippen LogP contribution in [0, 0.1) is 6.92 Å². The molecule has 288 valence electrons. The van der Waals surface area contributed by atoms with Crippen LogP contribution in [0.15, 0.2) is 243 Å². The van der Waals surface area contributed by atoms with Gasteiger partial charge in [-0.1, -0.05) is 212 Å². The van der Waals surface area contributed by atoms with Crippen molar-refractivity contribution in [2.75, 3.05) is 4.90 Å². The van der Waals surface area contributed by atoms with Gasteiger partial charge in [0, 0.05) is 22.3 Å². The van der Waals surface area contributed by atoms with Gasteiger partial charge in [0.2, 0.25) is 0 Å². The minimum atomic E-state index is -0.598. The lowest BCUT2D eigenvalue weighted by atomic mass is 9.67. The summed E-state index contributed by atoms with van der Waals surface area (Å²) in [5.74, 6) is 0. The van der Waals surface area contributed by atoms with Crippen LogP contribution in [-0.4, -0.2) is 0 Å². The van der Waals surface area contributed by atoms with Gasteiger partial charge in [0.1, 0.15) is 0 Å². The SMILES string of the molecule is Cc1ccccc1N(c1ccc(-c2ccccc2-c2ccccc2)cc1)c1c2c(cc3ccccc13)C(c1ccccc1)(c1ccccc1)c1cc(-c3ccccc3)ccc1-2. The number of rotatable bonds is 8. The molecular weight excluding hydrogens is 735 g/mol. The van der Waals surface area contributed by atoms with E-state index in [9.17, 15) is 0 Å². The quantitative estimate of drug-likeness (QED) is 0.149. The molecule has 1 heteroatoms. The van der Waals surface area contributed by atoms with Crippen LogP contribution < -0.4 is 4.90 Å². The Labute approximate surface area is 358 Å². The van der Waals surface area contributed by atoms with Gasteiger partial charge in [-0.3, -0.25) is 0 Å². The summed E-state index contributed by atoms with van der Waals surface area (Å²) in [6, 6.07) is 89.2. The van der Waals surface area contributed by atoms with Crippen LogP contribution in [-0.2, 0) is 5.41 Å². The topological polar surface area (TPSA) is 3.24 Å². The van der Waals surface area contributed by atoms with E-state index in [2.05, 4.69) is 254 Å². The molecule has 1 nitrogen and oxygen atoms in total. The molecule has 0 N–H and O–H groups in total. The van der Waals surface area contributed by atoms with Crippen molar-refractivity contribution in [3.05, 3.63) is 270 Å². The Morgan fingerprint density at radius 1 is 0.361 bits per heavy atom. The minimum Gasteiger partial charge on any atom is -0.309 e. The van der Waals surface area contributed by atoms with E-state index in [0.29, 0.717) is 0 Å². The van der Waals surface area contributed by atoms with Gasteiger partial charge in [0.25, 0.3) is 0 Å². The van der Waals surface area contributed by atoms with Gasteiger partial charge in [-0.15, -0.1) is 0 Å². The fourth-order valence-corrected chi connectivity index (χ4v) is 9.92. The first kappa shape index (κ1) is 36.3. The van der Waals surface area contributed by atoms with Gasteiger partial charge in [-0.2, -0.15) is 0 Å². The zero-order valence-corrected chi connectivity index (χ0v) is 34.0. The van der Waals surface area contributed by atoms with Crippen LogP contribution in [0.25, 0.3) is 55.3 Å². The van der Waals surface area contributed by atoms with E-state index in [1.807, 2.05) is 0 Å². The standard InChI is InChI=1S/C60H43N/c1-42-20-14-19-33-57(42)61(50-37-34-45(35-38-50)52-31-18-17-30-51(52)44-23-8-3-9-24-44)59-53-32-16-15-25-47(53)41-56-58(59)54-39-36-46(43-21-6-2-7-22-43)40-55(54)60(56,48-26-10-4-11-27-48)49-28-12-5-13-29-49/h2-41H,1H3. The van der Waals surface area contributed by atoms with E-state index in [0.717, 1.165) is 11.4 Å². The van der Waals surface area contributed by atoms with Crippen LogP contribution in [0.3, 0.4) is 0 Å². The van der Waals surface area contributed by atoms with E-state index in [1.54, 1.807) is 0 Å². The Hall–Kier alpha value is -7.74. The molecule has 1 aliphatic carbocycles. The Morgan fingerprint density at radius 2 is 0.869 bits per heavy atom. The summed E-state index contributed by atoms with van der Waals surface area (Å²) in [5, 5.41) is 2.41. The molecule has 0 radical (unpaired) electrons. The Kier molecular flexibility index (Phi) is 9.02. The van der Waals surface area contributed by atoms with Crippen LogP contribution in [0.2, 0.25) is 0 Å². The molecule has 0 saturated carbocycles. The van der Waals surface area contributed by atoms with Gasteiger partial charge in [0.05, 0.1) is 11.1 Å². The number of nitrogens with zero attached hydrogens (tertiary/aromatic N) is 1. The molecule has 0 aromatic heterocycles. The molecule has 0 saturated heterocycles. The van der Waals surface area contributed by atoms with E-state index in [-0.39, 0.29) is 0 Å². The molecule has 61 heavy (non-hydrogen) atoms. The zero-order valence-electron chi connectivity index (χ0n) is 34.0. The van der Waals surface area contributed by atoms with Crippen molar-refractivity contribution in [3.8, 4) is 44.5 Å². The predicted molar refractivity (Wildman–Crippen MR) is 257 cm³/mol. The maximum Gasteiger partial charge on any atom is 0.0714 e. The van der Waals surface area contributed by atoms with Crippen molar-refractivity contribution in [1.29, 1.82) is 0 Å². The van der Waals surface area contributed by atoms with Crippen molar-refractivity contribution >= 4 is 27.8 Å². The number of anilines is 3. The van der Waals surface area contributed by atoms with Gasteiger partial charge in [-0.25, -0.2) is 0 Å². The van der Waals surface area contributed by atoms with Gasteiger partial charge >= 0.3 is 0 Å². The molecule has 10 aromatic carbocycles. The average Bonchev–Trinajstić information content (AvgIpc) is 3.63. The molecule has 11 rings (SSSR count). The van der Waals surface area contributed by atoms with Crippen molar-refractivity contribution < 1.29 is 0 Å². The van der Waals surface area contributed by atoms with Crippen molar-refractivity contribution in [2.24, 2.45) is 0 Å². The molecule has 1 aliphatic rings. The average molecular weight is 778 g/mol. The Bertz CT molecular complexity index is 3130. The van der Waals surface area contributed by atoms with E-state index < -0.39 is 5.41 Å². The molecule has 0 atom stereocenters. The van der Waals surface area contributed by atoms with Crippen molar-refractivity contribution in [1.82, 2.24) is 0 Å². The molecule has 0 fully saturated rings. The number of fused-ring (bicyclic) bond motifs is 4. The molecule has 0 unspecified atom stereocenters. The van der Waals surface area contributed by atoms with Crippen molar-refractivity contribution in [3.63, 3.8) is 0 Å². The summed E-state index contributed by atoms with van der Waals surface area (Å²) in [4.78, 5) is 2.53. The number of hydrogen-bond acceptors (Lipinski definition) is 1. The monoisotopic (exact) mass is 777 g/mol. The Morgan fingerprint density at radius 3 is 1.51 bits per heavy atom. The first-order chi connectivity index (χ1) is 30.2. The summed E-state index contributed by atoms with van der Waals surface area (Å²) in [6.45, 7) is 2.23. The summed E-state index contributed by atoms with van der Waals surface area (Å²) in [7, 11) is 0. The van der Waals surface area contributed by atoms with Crippen molar-refractivity contribution in [2.45, 2.75) is 12.3 Å². The smallest absolute Gasteiger partial charge is 0.0714 e. The molecule has 10 aromatic rings. The third-order valence-electron chi connectivity index (χ3n) is 12.7. The van der Waals surface area contributed by atoms with Crippen LogP contribution in [0.5, 0.6) is 0 Å². The molecule has 0 aliphatic heterocycles. The highest BCUT2D eigenvalue weighted by atomic mass is 15.1. The molecular formula is C60H43N. The largest absolute Gasteiger partial charge is 0.309 e. The lowest BCUT2D eigenvalue weighted by molar-refractivity contribution is 0.770. The highest BCUT2D eigenvalue weighted by molar-refractivity contribution is 6.11. The highest BCUT2D eigenvalue weighted by Crippen LogP contribution is 2.62. The predicted octanol–water partition coefficient (Wildman–Crippen LogP) is 16.0. The minimum absolute atomic E-state index is 0.598. The third-order valence-corrected chi connectivity index (χ3v) is 12.7. The fourth-order valence-electron chi connectivity index (χ4n) is 9.92. The second-order valence-electron chi connectivity index (χ2n) is 16.1. The Balaban J connectivity index is 1.23.